The normalized spacial score (nSPS) is 16.2. The van der Waals surface area contributed by atoms with Gasteiger partial charge in [0, 0.05) is 52.2 Å². The average molecular weight is 683 g/mol. The van der Waals surface area contributed by atoms with Gasteiger partial charge in [-0.2, -0.15) is 0 Å². The Labute approximate surface area is 309 Å². The van der Waals surface area contributed by atoms with Crippen LogP contribution in [0.15, 0.2) is 122 Å². The van der Waals surface area contributed by atoms with Crippen LogP contribution in [0.5, 0.6) is 0 Å². The first-order valence-electron chi connectivity index (χ1n) is 18.6. The van der Waals surface area contributed by atoms with Gasteiger partial charge in [-0.05, 0) is 137 Å². The number of benzene rings is 6. The summed E-state index contributed by atoms with van der Waals surface area (Å²) in [5, 5.41) is 4.90. The average Bonchev–Trinajstić information content (AvgIpc) is 3.65. The van der Waals surface area contributed by atoms with Crippen LogP contribution in [0.4, 0.5) is 0 Å². The standard InChI is InChI=1S/C49H38N4/c1-47(2)37-25-35-39(48(3,4)41-23-33(45-50-17-11-18-51-45)27-13-7-9-15-29(27)43(35)41)21-31(37)32-22-40-36(26-38(32)47)44-30-16-10-8-14-28(30)34(24-42(44)49(40,5)6)46-52-19-12-20-53-46/h7-26H,1-6H3. The number of rotatable bonds is 2. The summed E-state index contributed by atoms with van der Waals surface area (Å²) in [7, 11) is 0. The fourth-order valence-electron chi connectivity index (χ4n) is 10.1. The van der Waals surface area contributed by atoms with Crippen molar-refractivity contribution in [2.45, 2.75) is 57.8 Å². The van der Waals surface area contributed by atoms with Crippen LogP contribution in [-0.4, -0.2) is 19.9 Å². The molecule has 0 saturated carbocycles. The van der Waals surface area contributed by atoms with Gasteiger partial charge in [-0.25, -0.2) is 19.9 Å². The van der Waals surface area contributed by atoms with Gasteiger partial charge in [0.25, 0.3) is 0 Å². The van der Waals surface area contributed by atoms with E-state index in [9.17, 15) is 0 Å². The Bertz CT molecular complexity index is 2700. The molecule has 3 aliphatic rings. The number of hydrogen-bond acceptors (Lipinski definition) is 4. The quantitative estimate of drug-likeness (QED) is 0.182. The van der Waals surface area contributed by atoms with E-state index in [0.717, 1.165) is 22.8 Å². The number of fused-ring (bicyclic) bond motifs is 13. The lowest BCUT2D eigenvalue weighted by atomic mass is 9.78. The Hall–Kier alpha value is -6.00. The topological polar surface area (TPSA) is 51.6 Å². The third-order valence-electron chi connectivity index (χ3n) is 12.9. The highest BCUT2D eigenvalue weighted by Crippen LogP contribution is 2.61. The van der Waals surface area contributed by atoms with E-state index in [0.29, 0.717) is 0 Å². The van der Waals surface area contributed by atoms with Crippen molar-refractivity contribution in [3.63, 3.8) is 0 Å². The Balaban J connectivity index is 1.14. The van der Waals surface area contributed by atoms with Crippen LogP contribution in [0.25, 0.3) is 77.7 Å². The van der Waals surface area contributed by atoms with Crippen molar-refractivity contribution in [2.24, 2.45) is 0 Å². The predicted molar refractivity (Wildman–Crippen MR) is 216 cm³/mol. The van der Waals surface area contributed by atoms with Crippen LogP contribution in [0.2, 0.25) is 0 Å². The molecule has 3 aliphatic carbocycles. The molecule has 0 unspecified atom stereocenters. The summed E-state index contributed by atoms with van der Waals surface area (Å²) >= 11 is 0. The maximum absolute atomic E-state index is 4.69. The summed E-state index contributed by atoms with van der Waals surface area (Å²) in [4.78, 5) is 18.8. The molecule has 0 spiro atoms. The molecule has 4 heteroatoms. The summed E-state index contributed by atoms with van der Waals surface area (Å²) < 4.78 is 0. The highest BCUT2D eigenvalue weighted by molar-refractivity contribution is 6.11. The fourth-order valence-corrected chi connectivity index (χ4v) is 10.1. The second-order valence-corrected chi connectivity index (χ2v) is 16.7. The van der Waals surface area contributed by atoms with Crippen molar-refractivity contribution in [3.05, 3.63) is 155 Å². The molecular weight excluding hydrogens is 645 g/mol. The van der Waals surface area contributed by atoms with Gasteiger partial charge < -0.3 is 0 Å². The molecule has 0 aliphatic heterocycles. The molecule has 0 radical (unpaired) electrons. The molecule has 0 amide bonds. The van der Waals surface area contributed by atoms with E-state index >= 15 is 0 Å². The van der Waals surface area contributed by atoms with E-state index in [1.807, 2.05) is 36.9 Å². The van der Waals surface area contributed by atoms with Crippen molar-refractivity contribution in [2.75, 3.05) is 0 Å². The third kappa shape index (κ3) is 3.85. The molecule has 2 heterocycles. The highest BCUT2D eigenvalue weighted by atomic mass is 14.9. The molecular formula is C49H38N4. The minimum Gasteiger partial charge on any atom is -0.237 e. The molecule has 0 N–H and O–H groups in total. The van der Waals surface area contributed by atoms with Crippen LogP contribution >= 0.6 is 0 Å². The van der Waals surface area contributed by atoms with Gasteiger partial charge in [0.05, 0.1) is 0 Å². The number of hydrogen-bond donors (Lipinski definition) is 0. The van der Waals surface area contributed by atoms with Crippen molar-refractivity contribution >= 4 is 21.5 Å². The molecule has 2 aromatic heterocycles. The van der Waals surface area contributed by atoms with Gasteiger partial charge in [0.15, 0.2) is 11.6 Å². The molecule has 0 atom stereocenters. The zero-order valence-electron chi connectivity index (χ0n) is 30.8. The molecule has 11 rings (SSSR count). The van der Waals surface area contributed by atoms with E-state index in [2.05, 4.69) is 126 Å². The second kappa shape index (κ2) is 10.1. The molecule has 0 bridgehead atoms. The van der Waals surface area contributed by atoms with E-state index in [1.165, 1.54) is 88.3 Å². The summed E-state index contributed by atoms with van der Waals surface area (Å²) in [6, 6.07) is 36.2. The molecule has 0 fully saturated rings. The van der Waals surface area contributed by atoms with Gasteiger partial charge >= 0.3 is 0 Å². The lowest BCUT2D eigenvalue weighted by Gasteiger charge is -2.25. The Morgan fingerprint density at radius 2 is 0.623 bits per heavy atom. The van der Waals surface area contributed by atoms with Gasteiger partial charge in [0.2, 0.25) is 0 Å². The van der Waals surface area contributed by atoms with Crippen LogP contribution in [0.1, 0.15) is 74.9 Å². The van der Waals surface area contributed by atoms with Crippen LogP contribution in [-0.2, 0) is 16.2 Å². The SMILES string of the molecule is CC1(C)c2cc3c(cc2-c2cc4c(cc21)-c1c(cc(-c2ncccn2)c2ccccc12)C4(C)C)C(C)(C)c1cc(-c2ncccn2)c2ccccc2c1-3. The highest BCUT2D eigenvalue weighted by Gasteiger charge is 2.45. The van der Waals surface area contributed by atoms with Crippen LogP contribution in [0, 0.1) is 0 Å². The lowest BCUT2D eigenvalue weighted by molar-refractivity contribution is 0.649. The van der Waals surface area contributed by atoms with Crippen LogP contribution in [0.3, 0.4) is 0 Å². The summed E-state index contributed by atoms with van der Waals surface area (Å²) in [6.07, 6.45) is 7.35. The van der Waals surface area contributed by atoms with Gasteiger partial charge in [0.1, 0.15) is 0 Å². The van der Waals surface area contributed by atoms with Crippen molar-refractivity contribution in [1.29, 1.82) is 0 Å². The third-order valence-corrected chi connectivity index (χ3v) is 12.9. The smallest absolute Gasteiger partial charge is 0.159 e. The minimum atomic E-state index is -0.207. The van der Waals surface area contributed by atoms with Gasteiger partial charge in [-0.15, -0.1) is 0 Å². The maximum atomic E-state index is 4.69. The van der Waals surface area contributed by atoms with E-state index in [-0.39, 0.29) is 16.2 Å². The lowest BCUT2D eigenvalue weighted by Crippen LogP contribution is -2.17. The predicted octanol–water partition coefficient (Wildman–Crippen LogP) is 11.8. The zero-order valence-corrected chi connectivity index (χ0v) is 30.8. The molecule has 53 heavy (non-hydrogen) atoms. The minimum absolute atomic E-state index is 0.185. The second-order valence-electron chi connectivity index (χ2n) is 16.7. The largest absolute Gasteiger partial charge is 0.237 e. The fraction of sp³-hybridized carbons (Fsp3) is 0.184. The monoisotopic (exact) mass is 682 g/mol. The van der Waals surface area contributed by atoms with E-state index in [1.54, 1.807) is 0 Å². The molecule has 0 saturated heterocycles. The Morgan fingerprint density at radius 3 is 1.02 bits per heavy atom. The summed E-state index contributed by atoms with van der Waals surface area (Å²) in [5.74, 6) is 1.54. The van der Waals surface area contributed by atoms with Crippen molar-refractivity contribution in [1.82, 2.24) is 19.9 Å². The zero-order chi connectivity index (χ0) is 36.0. The first kappa shape index (κ1) is 30.6. The Kier molecular flexibility index (Phi) is 5.84. The Morgan fingerprint density at radius 1 is 0.321 bits per heavy atom. The molecule has 4 nitrogen and oxygen atoms in total. The van der Waals surface area contributed by atoms with E-state index < -0.39 is 0 Å². The number of nitrogens with zero attached hydrogens (tertiary/aromatic N) is 4. The summed E-state index contributed by atoms with van der Waals surface area (Å²) in [5.41, 5.74) is 17.9. The van der Waals surface area contributed by atoms with Crippen LogP contribution < -0.4 is 0 Å². The van der Waals surface area contributed by atoms with Gasteiger partial charge in [-0.3, -0.25) is 0 Å². The molecule has 8 aromatic rings. The van der Waals surface area contributed by atoms with E-state index in [4.69, 9.17) is 19.9 Å². The number of aromatic nitrogens is 4. The molecule has 254 valence electrons. The van der Waals surface area contributed by atoms with Crippen molar-refractivity contribution < 1.29 is 0 Å². The maximum Gasteiger partial charge on any atom is 0.159 e. The first-order chi connectivity index (χ1) is 25.6. The molecule has 6 aromatic carbocycles. The van der Waals surface area contributed by atoms with Gasteiger partial charge in [-0.1, -0.05) is 90.1 Å². The first-order valence-corrected chi connectivity index (χ1v) is 18.6. The summed E-state index contributed by atoms with van der Waals surface area (Å²) in [6.45, 7) is 14.4. The van der Waals surface area contributed by atoms with Crippen molar-refractivity contribution in [3.8, 4) is 56.2 Å².